The van der Waals surface area contributed by atoms with Crippen LogP contribution in [0.15, 0.2) is 48.7 Å². The zero-order valence-electron chi connectivity index (χ0n) is 10.3. The van der Waals surface area contributed by atoms with Crippen LogP contribution in [-0.2, 0) is 6.61 Å². The quantitative estimate of drug-likeness (QED) is 0.793. The molecule has 0 bridgehead atoms. The van der Waals surface area contributed by atoms with E-state index in [0.717, 1.165) is 11.4 Å². The van der Waals surface area contributed by atoms with Gasteiger partial charge in [0.1, 0.15) is 12.4 Å². The topological polar surface area (TPSA) is 22.1 Å². The van der Waals surface area contributed by atoms with Crippen molar-refractivity contribution in [3.8, 4) is 5.75 Å². The lowest BCUT2D eigenvalue weighted by Gasteiger charge is -2.12. The van der Waals surface area contributed by atoms with Crippen molar-refractivity contribution in [2.24, 2.45) is 0 Å². The Labute approximate surface area is 102 Å². The Hall–Kier alpha value is -1.83. The van der Waals surface area contributed by atoms with Crippen LogP contribution in [0.1, 0.15) is 31.0 Å². The molecule has 0 radical (unpaired) electrons. The first-order valence-corrected chi connectivity index (χ1v) is 5.89. The lowest BCUT2D eigenvalue weighted by atomic mass is 10.1. The van der Waals surface area contributed by atoms with Gasteiger partial charge >= 0.3 is 0 Å². The smallest absolute Gasteiger partial charge is 0.141 e. The predicted octanol–water partition coefficient (Wildman–Crippen LogP) is 3.78. The number of pyridine rings is 1. The van der Waals surface area contributed by atoms with Gasteiger partial charge < -0.3 is 4.74 Å². The first-order chi connectivity index (χ1) is 8.27. The third-order valence-electron chi connectivity index (χ3n) is 2.58. The van der Waals surface area contributed by atoms with Crippen LogP contribution >= 0.6 is 0 Å². The van der Waals surface area contributed by atoms with Gasteiger partial charge in [-0.15, -0.1) is 0 Å². The summed E-state index contributed by atoms with van der Waals surface area (Å²) in [7, 11) is 0. The minimum absolute atomic E-state index is 0.377. The number of benzene rings is 1. The van der Waals surface area contributed by atoms with E-state index in [-0.39, 0.29) is 0 Å². The molecule has 0 saturated carbocycles. The zero-order chi connectivity index (χ0) is 12.1. The molecule has 0 unspecified atom stereocenters. The van der Waals surface area contributed by atoms with Gasteiger partial charge in [0.25, 0.3) is 0 Å². The molecule has 0 aliphatic rings. The van der Waals surface area contributed by atoms with Gasteiger partial charge in [-0.1, -0.05) is 44.2 Å². The lowest BCUT2D eigenvalue weighted by Crippen LogP contribution is -2.01. The van der Waals surface area contributed by atoms with Crippen molar-refractivity contribution in [1.82, 2.24) is 4.98 Å². The van der Waals surface area contributed by atoms with Crippen molar-refractivity contribution >= 4 is 0 Å². The summed E-state index contributed by atoms with van der Waals surface area (Å²) in [5.74, 6) is 1.26. The molecule has 0 N–H and O–H groups in total. The summed E-state index contributed by atoms with van der Waals surface area (Å²) in [5.41, 5.74) is 2.19. The van der Waals surface area contributed by atoms with E-state index in [1.54, 1.807) is 0 Å². The molecule has 17 heavy (non-hydrogen) atoms. The van der Waals surface area contributed by atoms with E-state index < -0.39 is 0 Å². The molecule has 88 valence electrons. The standard InChI is InChI=1S/C15H17NO/c1-12(2)15-14(9-6-10-16-15)17-11-13-7-4-3-5-8-13/h3-10,12H,11H2,1-2H3. The van der Waals surface area contributed by atoms with Gasteiger partial charge in [-0.3, -0.25) is 4.98 Å². The van der Waals surface area contributed by atoms with Crippen LogP contribution in [0.2, 0.25) is 0 Å². The highest BCUT2D eigenvalue weighted by molar-refractivity contribution is 5.29. The minimum atomic E-state index is 0.377. The highest BCUT2D eigenvalue weighted by atomic mass is 16.5. The molecule has 0 amide bonds. The predicted molar refractivity (Wildman–Crippen MR) is 69.1 cm³/mol. The molecule has 0 aliphatic carbocycles. The van der Waals surface area contributed by atoms with E-state index >= 15 is 0 Å². The summed E-state index contributed by atoms with van der Waals surface area (Å²) in [4.78, 5) is 4.37. The van der Waals surface area contributed by atoms with Crippen LogP contribution in [0.3, 0.4) is 0 Å². The second-order valence-corrected chi connectivity index (χ2v) is 4.32. The second kappa shape index (κ2) is 5.48. The van der Waals surface area contributed by atoms with E-state index in [4.69, 9.17) is 4.74 Å². The maximum Gasteiger partial charge on any atom is 0.141 e. The van der Waals surface area contributed by atoms with Gasteiger partial charge in [0.05, 0.1) is 5.69 Å². The van der Waals surface area contributed by atoms with Crippen LogP contribution in [0.5, 0.6) is 5.75 Å². The monoisotopic (exact) mass is 227 g/mol. The Balaban J connectivity index is 2.09. The fraction of sp³-hybridized carbons (Fsp3) is 0.267. The summed E-state index contributed by atoms with van der Waals surface area (Å²) in [5, 5.41) is 0. The number of aromatic nitrogens is 1. The molecule has 2 rings (SSSR count). The largest absolute Gasteiger partial charge is 0.487 e. The van der Waals surface area contributed by atoms with Crippen molar-refractivity contribution in [3.05, 3.63) is 59.9 Å². The van der Waals surface area contributed by atoms with Crippen molar-refractivity contribution in [2.75, 3.05) is 0 Å². The van der Waals surface area contributed by atoms with Crippen LogP contribution in [0.25, 0.3) is 0 Å². The molecule has 0 saturated heterocycles. The normalized spacial score (nSPS) is 10.5. The summed E-state index contributed by atoms with van der Waals surface area (Å²) < 4.78 is 5.82. The van der Waals surface area contributed by atoms with Crippen molar-refractivity contribution in [1.29, 1.82) is 0 Å². The summed E-state index contributed by atoms with van der Waals surface area (Å²) in [6.45, 7) is 4.83. The number of nitrogens with zero attached hydrogens (tertiary/aromatic N) is 1. The molecular weight excluding hydrogens is 210 g/mol. The Bertz CT molecular complexity index is 465. The Kier molecular flexibility index (Phi) is 3.76. The molecular formula is C15H17NO. The summed E-state index contributed by atoms with van der Waals surface area (Å²) in [6, 6.07) is 14.1. The molecule has 1 heterocycles. The zero-order valence-corrected chi connectivity index (χ0v) is 10.3. The number of hydrogen-bond donors (Lipinski definition) is 0. The van der Waals surface area contributed by atoms with Crippen LogP contribution in [0, 0.1) is 0 Å². The Morgan fingerprint density at radius 3 is 2.53 bits per heavy atom. The lowest BCUT2D eigenvalue weighted by molar-refractivity contribution is 0.300. The van der Waals surface area contributed by atoms with E-state index in [1.165, 1.54) is 5.56 Å². The molecule has 0 spiro atoms. The maximum absolute atomic E-state index is 5.82. The Morgan fingerprint density at radius 1 is 1.06 bits per heavy atom. The first-order valence-electron chi connectivity index (χ1n) is 5.89. The highest BCUT2D eigenvalue weighted by Crippen LogP contribution is 2.24. The molecule has 0 aliphatic heterocycles. The number of ether oxygens (including phenoxy) is 1. The molecule has 1 aromatic heterocycles. The van der Waals surface area contributed by atoms with Crippen LogP contribution in [-0.4, -0.2) is 4.98 Å². The third kappa shape index (κ3) is 3.06. The minimum Gasteiger partial charge on any atom is -0.487 e. The molecule has 0 atom stereocenters. The van der Waals surface area contributed by atoms with Gasteiger partial charge in [-0.25, -0.2) is 0 Å². The molecule has 2 heteroatoms. The van der Waals surface area contributed by atoms with E-state index in [9.17, 15) is 0 Å². The fourth-order valence-electron chi connectivity index (χ4n) is 1.69. The van der Waals surface area contributed by atoms with E-state index in [0.29, 0.717) is 12.5 Å². The average Bonchev–Trinajstić information content (AvgIpc) is 2.38. The second-order valence-electron chi connectivity index (χ2n) is 4.32. The summed E-state index contributed by atoms with van der Waals surface area (Å²) in [6.07, 6.45) is 1.81. The molecule has 2 aromatic rings. The number of rotatable bonds is 4. The third-order valence-corrected chi connectivity index (χ3v) is 2.58. The van der Waals surface area contributed by atoms with Crippen LogP contribution in [0.4, 0.5) is 0 Å². The molecule has 1 aromatic carbocycles. The average molecular weight is 227 g/mol. The van der Waals surface area contributed by atoms with Gasteiger partial charge in [-0.2, -0.15) is 0 Å². The van der Waals surface area contributed by atoms with E-state index in [2.05, 4.69) is 31.0 Å². The highest BCUT2D eigenvalue weighted by Gasteiger charge is 2.08. The van der Waals surface area contributed by atoms with Gasteiger partial charge in [0, 0.05) is 6.20 Å². The number of hydrogen-bond acceptors (Lipinski definition) is 2. The Morgan fingerprint density at radius 2 is 1.82 bits per heavy atom. The molecule has 2 nitrogen and oxygen atoms in total. The fourth-order valence-corrected chi connectivity index (χ4v) is 1.69. The van der Waals surface area contributed by atoms with Crippen molar-refractivity contribution in [3.63, 3.8) is 0 Å². The maximum atomic E-state index is 5.82. The van der Waals surface area contributed by atoms with Gasteiger partial charge in [0.15, 0.2) is 0 Å². The van der Waals surface area contributed by atoms with Crippen molar-refractivity contribution in [2.45, 2.75) is 26.4 Å². The SMILES string of the molecule is CC(C)c1ncccc1OCc1ccccc1. The van der Waals surface area contributed by atoms with Gasteiger partial charge in [-0.05, 0) is 23.6 Å². The van der Waals surface area contributed by atoms with Gasteiger partial charge in [0.2, 0.25) is 0 Å². The molecule has 0 fully saturated rings. The van der Waals surface area contributed by atoms with E-state index in [1.807, 2.05) is 36.5 Å². The van der Waals surface area contributed by atoms with Crippen LogP contribution < -0.4 is 4.74 Å². The summed E-state index contributed by atoms with van der Waals surface area (Å²) >= 11 is 0. The first kappa shape index (κ1) is 11.6. The van der Waals surface area contributed by atoms with Crippen molar-refractivity contribution < 1.29 is 4.74 Å².